The van der Waals surface area contributed by atoms with Gasteiger partial charge in [-0.2, -0.15) is 0 Å². The monoisotopic (exact) mass is 268 g/mol. The number of likely N-dealkylation sites (tertiary alicyclic amines) is 1. The molecule has 6 heteroatoms. The molecule has 2 atom stereocenters. The largest absolute Gasteiger partial charge is 0.481 e. The SMILES string of the molecule is O=C(O)CCCCC(=O)NC(=O)N1CC2CCC1C2. The second-order valence-electron chi connectivity index (χ2n) is 5.44. The molecule has 106 valence electrons. The highest BCUT2D eigenvalue weighted by Crippen LogP contribution is 2.37. The minimum Gasteiger partial charge on any atom is -0.481 e. The van der Waals surface area contributed by atoms with E-state index in [1.807, 2.05) is 0 Å². The lowest BCUT2D eigenvalue weighted by Gasteiger charge is -2.26. The maximum atomic E-state index is 11.9. The number of aliphatic carboxylic acids is 1. The van der Waals surface area contributed by atoms with Crippen molar-refractivity contribution in [2.75, 3.05) is 6.54 Å². The average Bonchev–Trinajstić information content (AvgIpc) is 2.96. The van der Waals surface area contributed by atoms with Crippen LogP contribution in [0.1, 0.15) is 44.9 Å². The topological polar surface area (TPSA) is 86.7 Å². The van der Waals surface area contributed by atoms with Crippen LogP contribution < -0.4 is 5.32 Å². The number of carboxylic acids is 1. The third kappa shape index (κ3) is 3.68. The first kappa shape index (κ1) is 13.8. The molecule has 2 N–H and O–H groups in total. The van der Waals surface area contributed by atoms with E-state index in [0.29, 0.717) is 24.8 Å². The van der Waals surface area contributed by atoms with Crippen molar-refractivity contribution in [2.24, 2.45) is 5.92 Å². The van der Waals surface area contributed by atoms with E-state index < -0.39 is 5.97 Å². The van der Waals surface area contributed by atoms with Gasteiger partial charge in [0, 0.05) is 25.4 Å². The summed E-state index contributed by atoms with van der Waals surface area (Å²) < 4.78 is 0. The number of hydrogen-bond donors (Lipinski definition) is 2. The summed E-state index contributed by atoms with van der Waals surface area (Å²) in [7, 11) is 0. The molecule has 0 aromatic rings. The Labute approximate surface area is 112 Å². The third-order valence-electron chi connectivity index (χ3n) is 3.96. The summed E-state index contributed by atoms with van der Waals surface area (Å²) in [4.78, 5) is 35.5. The standard InChI is InChI=1S/C13H20N2O4/c16-11(3-1-2-4-12(17)18)14-13(19)15-8-9-5-6-10(15)7-9/h9-10H,1-8H2,(H,17,18)(H,14,16,19). The number of nitrogens with one attached hydrogen (secondary N) is 1. The van der Waals surface area contributed by atoms with Gasteiger partial charge >= 0.3 is 12.0 Å². The number of carbonyl (C=O) groups excluding carboxylic acids is 2. The van der Waals surface area contributed by atoms with Gasteiger partial charge in [0.2, 0.25) is 5.91 Å². The minimum absolute atomic E-state index is 0.0666. The maximum absolute atomic E-state index is 11.9. The number of rotatable bonds is 5. The zero-order valence-electron chi connectivity index (χ0n) is 10.9. The molecule has 2 aliphatic rings. The molecule has 0 spiro atoms. The van der Waals surface area contributed by atoms with Gasteiger partial charge in [-0.3, -0.25) is 14.9 Å². The summed E-state index contributed by atoms with van der Waals surface area (Å²) in [5.74, 6) is -0.552. The van der Waals surface area contributed by atoms with Crippen molar-refractivity contribution in [1.29, 1.82) is 0 Å². The van der Waals surface area contributed by atoms with E-state index in [0.717, 1.165) is 19.4 Å². The van der Waals surface area contributed by atoms with Gasteiger partial charge in [-0.25, -0.2) is 4.79 Å². The molecule has 1 aliphatic heterocycles. The van der Waals surface area contributed by atoms with Crippen molar-refractivity contribution in [3.8, 4) is 0 Å². The highest BCUT2D eigenvalue weighted by atomic mass is 16.4. The fraction of sp³-hybridized carbons (Fsp3) is 0.769. The summed E-state index contributed by atoms with van der Waals surface area (Å²) in [5.41, 5.74) is 0. The van der Waals surface area contributed by atoms with Gasteiger partial charge in [-0.15, -0.1) is 0 Å². The number of nitrogens with zero attached hydrogens (tertiary/aromatic N) is 1. The Bertz CT molecular complexity index is 383. The lowest BCUT2D eigenvalue weighted by Crippen LogP contribution is -2.46. The van der Waals surface area contributed by atoms with Gasteiger partial charge in [-0.05, 0) is 38.0 Å². The quantitative estimate of drug-likeness (QED) is 0.737. The van der Waals surface area contributed by atoms with Crippen LogP contribution in [0, 0.1) is 5.92 Å². The number of unbranched alkanes of at least 4 members (excludes halogenated alkanes) is 1. The second kappa shape index (κ2) is 6.04. The molecule has 2 rings (SSSR count). The van der Waals surface area contributed by atoms with Crippen LogP contribution in [0.2, 0.25) is 0 Å². The van der Waals surface area contributed by atoms with Crippen LogP contribution in [0.3, 0.4) is 0 Å². The predicted molar refractivity (Wildman–Crippen MR) is 67.5 cm³/mol. The van der Waals surface area contributed by atoms with Gasteiger partial charge in [0.05, 0.1) is 0 Å². The number of amides is 3. The molecule has 1 heterocycles. The van der Waals surface area contributed by atoms with Crippen molar-refractivity contribution < 1.29 is 19.5 Å². The molecule has 0 aromatic heterocycles. The Morgan fingerprint density at radius 1 is 1.16 bits per heavy atom. The van der Waals surface area contributed by atoms with Crippen LogP contribution >= 0.6 is 0 Å². The molecule has 0 aromatic carbocycles. The van der Waals surface area contributed by atoms with E-state index in [1.165, 1.54) is 6.42 Å². The van der Waals surface area contributed by atoms with E-state index in [1.54, 1.807) is 4.90 Å². The van der Waals surface area contributed by atoms with Crippen molar-refractivity contribution in [2.45, 2.75) is 51.0 Å². The Morgan fingerprint density at radius 2 is 1.89 bits per heavy atom. The van der Waals surface area contributed by atoms with Crippen LogP contribution in [-0.4, -0.2) is 40.5 Å². The summed E-state index contributed by atoms with van der Waals surface area (Å²) in [6.07, 6.45) is 4.55. The van der Waals surface area contributed by atoms with Gasteiger partial charge in [0.1, 0.15) is 0 Å². The van der Waals surface area contributed by atoms with Gasteiger partial charge in [0.15, 0.2) is 0 Å². The van der Waals surface area contributed by atoms with Crippen molar-refractivity contribution in [3.63, 3.8) is 0 Å². The van der Waals surface area contributed by atoms with Gasteiger partial charge in [0.25, 0.3) is 0 Å². The summed E-state index contributed by atoms with van der Waals surface area (Å²) in [6.45, 7) is 0.767. The molecule has 19 heavy (non-hydrogen) atoms. The van der Waals surface area contributed by atoms with Crippen LogP contribution in [-0.2, 0) is 9.59 Å². The van der Waals surface area contributed by atoms with Crippen molar-refractivity contribution in [3.05, 3.63) is 0 Å². The van der Waals surface area contributed by atoms with E-state index in [4.69, 9.17) is 5.11 Å². The average molecular weight is 268 g/mol. The van der Waals surface area contributed by atoms with Crippen LogP contribution in [0.5, 0.6) is 0 Å². The fourth-order valence-electron chi connectivity index (χ4n) is 2.99. The highest BCUT2D eigenvalue weighted by Gasteiger charge is 2.40. The molecular weight excluding hydrogens is 248 g/mol. The maximum Gasteiger partial charge on any atom is 0.324 e. The Kier molecular flexibility index (Phi) is 4.39. The molecule has 2 unspecified atom stereocenters. The van der Waals surface area contributed by atoms with Crippen LogP contribution in [0.25, 0.3) is 0 Å². The van der Waals surface area contributed by atoms with E-state index in [2.05, 4.69) is 5.32 Å². The van der Waals surface area contributed by atoms with E-state index >= 15 is 0 Å². The first-order valence-corrected chi connectivity index (χ1v) is 6.88. The number of imide groups is 1. The van der Waals surface area contributed by atoms with Gasteiger partial charge in [-0.1, -0.05) is 0 Å². The lowest BCUT2D eigenvalue weighted by molar-refractivity contribution is -0.137. The van der Waals surface area contributed by atoms with Crippen molar-refractivity contribution >= 4 is 17.9 Å². The molecular formula is C13H20N2O4. The summed E-state index contributed by atoms with van der Waals surface area (Å²) in [5, 5.41) is 10.9. The number of carbonyl (C=O) groups is 3. The highest BCUT2D eigenvalue weighted by molar-refractivity contribution is 5.94. The predicted octanol–water partition coefficient (Wildman–Crippen LogP) is 1.35. The first-order chi connectivity index (χ1) is 9.06. The molecule has 1 saturated heterocycles. The fourth-order valence-corrected chi connectivity index (χ4v) is 2.99. The third-order valence-corrected chi connectivity index (χ3v) is 3.96. The molecule has 0 radical (unpaired) electrons. The van der Waals surface area contributed by atoms with Crippen LogP contribution in [0.4, 0.5) is 4.79 Å². The minimum atomic E-state index is -0.857. The normalized spacial score (nSPS) is 24.5. The molecule has 2 bridgehead atoms. The number of fused-ring (bicyclic) bond motifs is 2. The Balaban J connectivity index is 1.65. The molecule has 2 fully saturated rings. The molecule has 6 nitrogen and oxygen atoms in total. The molecule has 3 amide bonds. The zero-order valence-corrected chi connectivity index (χ0v) is 10.9. The second-order valence-corrected chi connectivity index (χ2v) is 5.44. The number of piperidine rings is 1. The summed E-state index contributed by atoms with van der Waals surface area (Å²) in [6, 6.07) is 0.0280. The van der Waals surface area contributed by atoms with Crippen LogP contribution in [0.15, 0.2) is 0 Å². The van der Waals surface area contributed by atoms with E-state index in [-0.39, 0.29) is 24.8 Å². The van der Waals surface area contributed by atoms with Gasteiger partial charge < -0.3 is 10.0 Å². The Hall–Kier alpha value is -1.59. The first-order valence-electron chi connectivity index (χ1n) is 6.88. The van der Waals surface area contributed by atoms with Crippen molar-refractivity contribution in [1.82, 2.24) is 10.2 Å². The smallest absolute Gasteiger partial charge is 0.324 e. The zero-order chi connectivity index (χ0) is 13.8. The molecule has 1 saturated carbocycles. The summed E-state index contributed by atoms with van der Waals surface area (Å²) >= 11 is 0. The number of hydrogen-bond acceptors (Lipinski definition) is 3. The lowest BCUT2D eigenvalue weighted by atomic mass is 10.1. The number of urea groups is 1. The van der Waals surface area contributed by atoms with E-state index in [9.17, 15) is 14.4 Å². The number of carboxylic acid groups (broad SMARTS) is 1. The molecule has 1 aliphatic carbocycles. The Morgan fingerprint density at radius 3 is 2.47 bits per heavy atom.